The lowest BCUT2D eigenvalue weighted by molar-refractivity contribution is -0.151. The van der Waals surface area contributed by atoms with Gasteiger partial charge in [0.15, 0.2) is 5.78 Å². The summed E-state index contributed by atoms with van der Waals surface area (Å²) in [6.45, 7) is 0. The summed E-state index contributed by atoms with van der Waals surface area (Å²) in [6.07, 6.45) is 2.48. The molecule has 17 heavy (non-hydrogen) atoms. The molecule has 2 nitrogen and oxygen atoms in total. The fourth-order valence-corrected chi connectivity index (χ4v) is 2.30. The summed E-state index contributed by atoms with van der Waals surface area (Å²) in [5, 5.41) is 0.439. The van der Waals surface area contributed by atoms with E-state index in [1.54, 1.807) is 0 Å². The van der Waals surface area contributed by atoms with Crippen molar-refractivity contribution in [1.29, 1.82) is 0 Å². The standard InChI is InChI=1S/C13H14ClFO2/c1-17-13(5-2-6-13)12(16)8-9-7-10(14)3-4-11(9)15/h3-4,7H,2,5-6,8H2,1H3. The first-order chi connectivity index (χ1) is 8.07. The van der Waals surface area contributed by atoms with Gasteiger partial charge < -0.3 is 4.74 Å². The van der Waals surface area contributed by atoms with Crippen molar-refractivity contribution in [3.8, 4) is 0 Å². The molecule has 0 N–H and O–H groups in total. The van der Waals surface area contributed by atoms with Gasteiger partial charge in [-0.3, -0.25) is 4.79 Å². The van der Waals surface area contributed by atoms with Crippen molar-refractivity contribution in [3.05, 3.63) is 34.6 Å². The Balaban J connectivity index is 2.15. The molecule has 0 bridgehead atoms. The third-order valence-electron chi connectivity index (χ3n) is 3.42. The molecular weight excluding hydrogens is 243 g/mol. The molecule has 0 aromatic heterocycles. The first-order valence-electron chi connectivity index (χ1n) is 5.60. The molecule has 4 heteroatoms. The maximum absolute atomic E-state index is 13.5. The Morgan fingerprint density at radius 3 is 2.76 bits per heavy atom. The van der Waals surface area contributed by atoms with Crippen LogP contribution in [0.25, 0.3) is 0 Å². The molecular formula is C13H14ClFO2. The fraction of sp³-hybridized carbons (Fsp3) is 0.462. The van der Waals surface area contributed by atoms with Crippen LogP contribution in [0.1, 0.15) is 24.8 Å². The summed E-state index contributed by atoms with van der Waals surface area (Å²) in [5.41, 5.74) is -0.347. The number of ketones is 1. The molecule has 0 spiro atoms. The molecule has 0 aliphatic heterocycles. The highest BCUT2D eigenvalue weighted by atomic mass is 35.5. The zero-order chi connectivity index (χ0) is 12.5. The Labute approximate surface area is 105 Å². The number of carbonyl (C=O) groups excluding carboxylic acids is 1. The van der Waals surface area contributed by atoms with Crippen molar-refractivity contribution in [2.75, 3.05) is 7.11 Å². The lowest BCUT2D eigenvalue weighted by Gasteiger charge is -2.38. The summed E-state index contributed by atoms with van der Waals surface area (Å²) in [5.74, 6) is -0.458. The van der Waals surface area contributed by atoms with E-state index in [2.05, 4.69) is 0 Å². The minimum Gasteiger partial charge on any atom is -0.370 e. The average Bonchev–Trinajstić information content (AvgIpc) is 2.23. The van der Waals surface area contributed by atoms with E-state index in [0.717, 1.165) is 19.3 Å². The second-order valence-corrected chi connectivity index (χ2v) is 4.82. The number of hydrogen-bond donors (Lipinski definition) is 0. The van der Waals surface area contributed by atoms with E-state index in [1.807, 2.05) is 0 Å². The molecule has 0 unspecified atom stereocenters. The van der Waals surface area contributed by atoms with Gasteiger partial charge in [-0.25, -0.2) is 4.39 Å². The zero-order valence-electron chi connectivity index (χ0n) is 9.63. The van der Waals surface area contributed by atoms with E-state index in [9.17, 15) is 9.18 Å². The Morgan fingerprint density at radius 2 is 2.24 bits per heavy atom. The third kappa shape index (κ3) is 2.35. The Kier molecular flexibility index (Phi) is 3.50. The molecule has 0 atom stereocenters. The second kappa shape index (κ2) is 4.75. The fourth-order valence-electron chi connectivity index (χ4n) is 2.11. The normalized spacial score (nSPS) is 17.6. The average molecular weight is 257 g/mol. The van der Waals surface area contributed by atoms with E-state index in [-0.39, 0.29) is 12.2 Å². The van der Waals surface area contributed by atoms with E-state index in [0.29, 0.717) is 10.6 Å². The maximum atomic E-state index is 13.5. The monoisotopic (exact) mass is 256 g/mol. The lowest BCUT2D eigenvalue weighted by Crippen LogP contribution is -2.47. The molecule has 2 rings (SSSR count). The highest BCUT2D eigenvalue weighted by Crippen LogP contribution is 2.37. The second-order valence-electron chi connectivity index (χ2n) is 4.39. The maximum Gasteiger partial charge on any atom is 0.169 e. The minimum absolute atomic E-state index is 0.0419. The number of hydrogen-bond acceptors (Lipinski definition) is 2. The third-order valence-corrected chi connectivity index (χ3v) is 3.65. The van der Waals surface area contributed by atoms with Crippen molar-refractivity contribution in [2.24, 2.45) is 0 Å². The number of rotatable bonds is 4. The molecule has 0 saturated heterocycles. The van der Waals surface area contributed by atoms with Crippen molar-refractivity contribution < 1.29 is 13.9 Å². The predicted molar refractivity (Wildman–Crippen MR) is 63.7 cm³/mol. The van der Waals surface area contributed by atoms with Crippen LogP contribution in [0.15, 0.2) is 18.2 Å². The van der Waals surface area contributed by atoms with Crippen LogP contribution in [-0.2, 0) is 16.0 Å². The van der Waals surface area contributed by atoms with Gasteiger partial charge >= 0.3 is 0 Å². The molecule has 0 amide bonds. The lowest BCUT2D eigenvalue weighted by atomic mass is 9.75. The molecule has 1 aromatic carbocycles. The largest absolute Gasteiger partial charge is 0.370 e. The summed E-state index contributed by atoms with van der Waals surface area (Å²) < 4.78 is 18.8. The number of benzene rings is 1. The zero-order valence-corrected chi connectivity index (χ0v) is 10.4. The van der Waals surface area contributed by atoms with Gasteiger partial charge in [-0.1, -0.05) is 11.6 Å². The number of carbonyl (C=O) groups is 1. The molecule has 1 aromatic rings. The topological polar surface area (TPSA) is 26.3 Å². The van der Waals surface area contributed by atoms with Crippen molar-refractivity contribution in [3.63, 3.8) is 0 Å². The summed E-state index contributed by atoms with van der Waals surface area (Å²) in [4.78, 5) is 12.1. The highest BCUT2D eigenvalue weighted by Gasteiger charge is 2.43. The number of halogens is 2. The van der Waals surface area contributed by atoms with Gasteiger partial charge in [-0.05, 0) is 43.0 Å². The molecule has 1 aliphatic rings. The predicted octanol–water partition coefficient (Wildman–Crippen LogP) is 3.16. The Morgan fingerprint density at radius 1 is 1.53 bits per heavy atom. The molecule has 92 valence electrons. The summed E-state index contributed by atoms with van der Waals surface area (Å²) in [7, 11) is 1.53. The first-order valence-corrected chi connectivity index (χ1v) is 5.97. The van der Waals surface area contributed by atoms with Gasteiger partial charge in [-0.15, -0.1) is 0 Å². The smallest absolute Gasteiger partial charge is 0.169 e. The van der Waals surface area contributed by atoms with Crippen LogP contribution >= 0.6 is 11.6 Å². The first kappa shape index (κ1) is 12.5. The number of methoxy groups -OCH3 is 1. The van der Waals surface area contributed by atoms with Crippen LogP contribution in [-0.4, -0.2) is 18.5 Å². The van der Waals surface area contributed by atoms with Gasteiger partial charge in [0.1, 0.15) is 11.4 Å². The highest BCUT2D eigenvalue weighted by molar-refractivity contribution is 6.30. The molecule has 1 aliphatic carbocycles. The van der Waals surface area contributed by atoms with Gasteiger partial charge in [0.05, 0.1) is 0 Å². The van der Waals surface area contributed by atoms with Crippen molar-refractivity contribution >= 4 is 17.4 Å². The number of Topliss-reactive ketones (excluding diaryl/α,β-unsaturated/α-hetero) is 1. The van der Waals surface area contributed by atoms with Crippen LogP contribution in [0.2, 0.25) is 5.02 Å². The van der Waals surface area contributed by atoms with Crippen LogP contribution in [0.5, 0.6) is 0 Å². The molecule has 1 saturated carbocycles. The van der Waals surface area contributed by atoms with Gasteiger partial charge in [-0.2, -0.15) is 0 Å². The summed E-state index contributed by atoms with van der Waals surface area (Å²) in [6, 6.07) is 4.25. The van der Waals surface area contributed by atoms with E-state index in [4.69, 9.17) is 16.3 Å². The van der Waals surface area contributed by atoms with Crippen LogP contribution < -0.4 is 0 Å². The van der Waals surface area contributed by atoms with Crippen molar-refractivity contribution in [1.82, 2.24) is 0 Å². The van der Waals surface area contributed by atoms with Gasteiger partial charge in [0, 0.05) is 18.6 Å². The summed E-state index contributed by atoms with van der Waals surface area (Å²) >= 11 is 5.79. The van der Waals surface area contributed by atoms with Crippen LogP contribution in [0, 0.1) is 5.82 Å². The van der Waals surface area contributed by atoms with E-state index >= 15 is 0 Å². The number of ether oxygens (including phenoxy) is 1. The Bertz CT molecular complexity index is 436. The molecule has 0 heterocycles. The molecule has 0 radical (unpaired) electrons. The SMILES string of the molecule is COC1(C(=O)Cc2cc(Cl)ccc2F)CCC1. The van der Waals surface area contributed by atoms with E-state index < -0.39 is 11.4 Å². The van der Waals surface area contributed by atoms with E-state index in [1.165, 1.54) is 25.3 Å². The van der Waals surface area contributed by atoms with Crippen molar-refractivity contribution in [2.45, 2.75) is 31.3 Å². The van der Waals surface area contributed by atoms with Crippen LogP contribution in [0.3, 0.4) is 0 Å². The quantitative estimate of drug-likeness (QED) is 0.827. The minimum atomic E-state index is -0.686. The molecule has 1 fully saturated rings. The van der Waals surface area contributed by atoms with Gasteiger partial charge in [0.25, 0.3) is 0 Å². The Hall–Kier alpha value is -0.930. The van der Waals surface area contributed by atoms with Crippen LogP contribution in [0.4, 0.5) is 4.39 Å². The van der Waals surface area contributed by atoms with Gasteiger partial charge in [0.2, 0.25) is 0 Å².